The van der Waals surface area contributed by atoms with E-state index in [9.17, 15) is 19.2 Å². The predicted octanol–water partition coefficient (Wildman–Crippen LogP) is 2.23. The number of hydrogen-bond acceptors (Lipinski definition) is 6. The Morgan fingerprint density at radius 3 is 1.25 bits per heavy atom. The third-order valence-electron chi connectivity index (χ3n) is 11.8. The zero-order chi connectivity index (χ0) is 29.1. The van der Waals surface area contributed by atoms with E-state index < -0.39 is 10.8 Å². The van der Waals surface area contributed by atoms with Crippen LogP contribution in [0.2, 0.25) is 0 Å². The van der Waals surface area contributed by atoms with Crippen molar-refractivity contribution in [3.05, 3.63) is 0 Å². The number of likely N-dealkylation sites (tertiary alicyclic amines) is 2. The maximum Gasteiger partial charge on any atom is 0.236 e. The molecule has 2 saturated carbocycles. The largest absolute Gasteiger partial charge is 0.290 e. The van der Waals surface area contributed by atoms with E-state index in [1.54, 1.807) is 0 Å². The first-order valence-electron chi connectivity index (χ1n) is 14.8. The average Bonchev–Trinajstić information content (AvgIpc) is 3.22. The fraction of sp³-hybridized carbons (Fsp3) is 0.750. The van der Waals surface area contributed by atoms with Crippen molar-refractivity contribution < 1.29 is 19.2 Å². The highest BCUT2D eigenvalue weighted by molar-refractivity contribution is 6.04. The van der Waals surface area contributed by atoms with Crippen molar-refractivity contribution in [2.75, 3.05) is 52.4 Å². The molecule has 4 unspecified atom stereocenters. The third-order valence-corrected chi connectivity index (χ3v) is 11.8. The molecule has 0 aromatic heterocycles. The van der Waals surface area contributed by atoms with Crippen LogP contribution in [0, 0.1) is 57.2 Å². The normalized spacial score (nSPS) is 35.0. The van der Waals surface area contributed by atoms with Gasteiger partial charge in [0.1, 0.15) is 0 Å². The molecule has 216 valence electrons. The lowest BCUT2D eigenvalue weighted by Crippen LogP contribution is -2.59. The number of piperidine rings is 2. The number of carbonyl (C=O) groups is 4. The van der Waals surface area contributed by atoms with E-state index in [-0.39, 0.29) is 59.4 Å². The molecule has 2 aliphatic carbocycles. The van der Waals surface area contributed by atoms with Crippen molar-refractivity contribution in [3.8, 4) is 23.7 Å². The molecule has 0 N–H and O–H groups in total. The fourth-order valence-corrected chi connectivity index (χ4v) is 7.81. The summed E-state index contributed by atoms with van der Waals surface area (Å²) in [7, 11) is 0. The zero-order valence-electron chi connectivity index (χ0n) is 25.1. The number of rotatable bonds is 4. The van der Waals surface area contributed by atoms with E-state index in [4.69, 9.17) is 0 Å². The second kappa shape index (κ2) is 10.00. The van der Waals surface area contributed by atoms with Gasteiger partial charge >= 0.3 is 0 Å². The van der Waals surface area contributed by atoms with Crippen LogP contribution in [0.5, 0.6) is 0 Å². The first-order chi connectivity index (χ1) is 18.8. The molecule has 3 saturated heterocycles. The van der Waals surface area contributed by atoms with Gasteiger partial charge in [0.15, 0.2) is 0 Å². The van der Waals surface area contributed by atoms with Crippen LogP contribution in [0.1, 0.15) is 67.2 Å². The maximum absolute atomic E-state index is 13.1. The summed E-state index contributed by atoms with van der Waals surface area (Å²) in [4.78, 5) is 59.5. The maximum atomic E-state index is 13.1. The Balaban J connectivity index is 1.05. The molecule has 5 rings (SSSR count). The molecule has 8 nitrogen and oxygen atoms in total. The quantitative estimate of drug-likeness (QED) is 0.396. The highest BCUT2D eigenvalue weighted by Crippen LogP contribution is 2.61. The molecule has 4 atom stereocenters. The molecular weight excluding hydrogens is 504 g/mol. The zero-order valence-corrected chi connectivity index (χ0v) is 25.1. The van der Waals surface area contributed by atoms with E-state index in [1.807, 2.05) is 13.8 Å². The Hall–Kier alpha value is -2.68. The van der Waals surface area contributed by atoms with Gasteiger partial charge in [-0.05, 0) is 36.5 Å². The summed E-state index contributed by atoms with van der Waals surface area (Å²) in [6.45, 7) is 17.2. The van der Waals surface area contributed by atoms with E-state index in [0.717, 1.165) is 51.9 Å². The third kappa shape index (κ3) is 4.22. The number of carbonyl (C=O) groups excluding carboxylic acids is 4. The number of nitrogens with zero attached hydrogens (tertiary/aromatic N) is 4. The molecule has 0 aromatic rings. The van der Waals surface area contributed by atoms with Crippen LogP contribution in [0.15, 0.2) is 0 Å². The van der Waals surface area contributed by atoms with Gasteiger partial charge in [-0.2, -0.15) is 0 Å². The van der Waals surface area contributed by atoms with Gasteiger partial charge in [-0.15, -0.1) is 0 Å². The summed E-state index contributed by atoms with van der Waals surface area (Å²) in [5, 5.41) is 0. The van der Waals surface area contributed by atoms with Crippen LogP contribution < -0.4 is 0 Å². The Morgan fingerprint density at radius 1 is 0.575 bits per heavy atom. The van der Waals surface area contributed by atoms with Crippen LogP contribution in [0.3, 0.4) is 0 Å². The summed E-state index contributed by atoms with van der Waals surface area (Å²) < 4.78 is 0. The molecular formula is C32H44N4O4. The number of piperazine rings is 1. The number of imide groups is 2. The molecule has 3 heterocycles. The van der Waals surface area contributed by atoms with Crippen LogP contribution in [-0.4, -0.2) is 95.6 Å². The van der Waals surface area contributed by atoms with Gasteiger partial charge in [-0.1, -0.05) is 65.2 Å². The van der Waals surface area contributed by atoms with Gasteiger partial charge in [-0.3, -0.25) is 38.8 Å². The molecule has 4 amide bonds. The van der Waals surface area contributed by atoms with E-state index in [1.165, 1.54) is 9.80 Å². The second-order valence-electron chi connectivity index (χ2n) is 14.0. The van der Waals surface area contributed by atoms with Crippen LogP contribution in [0.25, 0.3) is 0 Å². The van der Waals surface area contributed by atoms with Crippen molar-refractivity contribution in [1.82, 2.24) is 19.6 Å². The van der Waals surface area contributed by atoms with E-state index in [2.05, 4.69) is 61.2 Å². The van der Waals surface area contributed by atoms with Gasteiger partial charge < -0.3 is 0 Å². The molecule has 5 fully saturated rings. The predicted molar refractivity (Wildman–Crippen MR) is 151 cm³/mol. The van der Waals surface area contributed by atoms with Crippen molar-refractivity contribution in [1.29, 1.82) is 0 Å². The molecule has 0 spiro atoms. The Bertz CT molecular complexity index is 1140. The summed E-state index contributed by atoms with van der Waals surface area (Å²) in [5.41, 5.74) is -1.57. The summed E-state index contributed by atoms with van der Waals surface area (Å²) in [5.74, 6) is 12.1. The number of fused-ring (bicyclic) bond motifs is 4. The minimum Gasteiger partial charge on any atom is -0.290 e. The van der Waals surface area contributed by atoms with Gasteiger partial charge in [0, 0.05) is 38.0 Å². The monoisotopic (exact) mass is 548 g/mol. The van der Waals surface area contributed by atoms with Crippen molar-refractivity contribution in [2.24, 2.45) is 33.5 Å². The van der Waals surface area contributed by atoms with Gasteiger partial charge in [0.2, 0.25) is 23.6 Å². The highest BCUT2D eigenvalue weighted by Gasteiger charge is 2.65. The standard InChI is InChI=1S/C32H44N4O4/c1-29(2)23-11-13-31(29,5)27(39)35(25(23)37)17-9-7-15-33-19-21-34(22-20-33)16-8-10-18-36-26(38)24-12-14-32(6,28(36)40)30(24,3)4/h23-24H,11-22H2,1-6H3. The highest BCUT2D eigenvalue weighted by atomic mass is 16.2. The summed E-state index contributed by atoms with van der Waals surface area (Å²) >= 11 is 0. The minimum absolute atomic E-state index is 0.0617. The van der Waals surface area contributed by atoms with E-state index >= 15 is 0 Å². The van der Waals surface area contributed by atoms with Crippen LogP contribution in [-0.2, 0) is 19.2 Å². The molecule has 8 heteroatoms. The van der Waals surface area contributed by atoms with Crippen LogP contribution >= 0.6 is 0 Å². The van der Waals surface area contributed by atoms with E-state index in [0.29, 0.717) is 13.1 Å². The number of hydrogen-bond donors (Lipinski definition) is 0. The molecule has 0 radical (unpaired) electrons. The van der Waals surface area contributed by atoms with Crippen molar-refractivity contribution in [2.45, 2.75) is 67.2 Å². The van der Waals surface area contributed by atoms with Gasteiger partial charge in [-0.25, -0.2) is 0 Å². The smallest absolute Gasteiger partial charge is 0.236 e. The molecule has 5 aliphatic rings. The first-order valence-corrected chi connectivity index (χ1v) is 14.8. The molecule has 40 heavy (non-hydrogen) atoms. The topological polar surface area (TPSA) is 81.2 Å². The molecule has 3 aliphatic heterocycles. The molecule has 4 bridgehead atoms. The van der Waals surface area contributed by atoms with Crippen molar-refractivity contribution in [3.63, 3.8) is 0 Å². The van der Waals surface area contributed by atoms with Crippen molar-refractivity contribution >= 4 is 23.6 Å². The lowest BCUT2D eigenvalue weighted by molar-refractivity contribution is -0.168. The Kier molecular flexibility index (Phi) is 7.21. The minimum atomic E-state index is -0.486. The average molecular weight is 549 g/mol. The fourth-order valence-electron chi connectivity index (χ4n) is 7.81. The van der Waals surface area contributed by atoms with Gasteiger partial charge in [0.25, 0.3) is 0 Å². The summed E-state index contributed by atoms with van der Waals surface area (Å²) in [6, 6.07) is 0. The summed E-state index contributed by atoms with van der Waals surface area (Å²) in [6.07, 6.45) is 3.08. The number of amides is 4. The Morgan fingerprint density at radius 2 is 0.900 bits per heavy atom. The first kappa shape index (κ1) is 28.8. The lowest BCUT2D eigenvalue weighted by Gasteiger charge is -2.47. The second-order valence-corrected chi connectivity index (χ2v) is 14.0. The van der Waals surface area contributed by atoms with Gasteiger partial charge in [0.05, 0.1) is 37.0 Å². The molecule has 0 aromatic carbocycles. The Labute approximate surface area is 239 Å². The SMILES string of the molecule is CC12CCC(C(=O)N(CC#CCN3CCN(CC#CCN4C(=O)C5CCC(C)(C4=O)C5(C)C)CC3)C1=O)C2(C)C. The van der Waals surface area contributed by atoms with Crippen LogP contribution in [0.4, 0.5) is 0 Å². The lowest BCUT2D eigenvalue weighted by atomic mass is 9.62.